The maximum Gasteiger partial charge on any atom is 0.291 e. The first-order chi connectivity index (χ1) is 16.6. The van der Waals surface area contributed by atoms with Crippen molar-refractivity contribution in [3.05, 3.63) is 60.3 Å². The number of carbonyl (C=O) groups is 2. The molecule has 1 fully saturated rings. The highest BCUT2D eigenvalue weighted by Crippen LogP contribution is 2.35. The zero-order valence-corrected chi connectivity index (χ0v) is 19.9. The minimum Gasteiger partial charge on any atom is -0.357 e. The molecule has 1 aromatic carbocycles. The number of aromatic nitrogens is 4. The Hall–Kier alpha value is -3.40. The van der Waals surface area contributed by atoms with Crippen molar-refractivity contribution in [2.45, 2.75) is 36.7 Å². The molecule has 1 saturated heterocycles. The predicted molar refractivity (Wildman–Crippen MR) is 131 cm³/mol. The first-order valence-corrected chi connectivity index (χ1v) is 12.5. The number of anilines is 2. The van der Waals surface area contributed by atoms with Crippen LogP contribution in [0.4, 0.5) is 11.5 Å². The fourth-order valence-corrected chi connectivity index (χ4v) is 5.30. The van der Waals surface area contributed by atoms with Gasteiger partial charge in [-0.2, -0.15) is 0 Å². The standard InChI is InChI=1S/C24H27N7O2S/c1-29-19-12-21(30-10-6-3-7-11-30)25-13-20(19)34-15-18(24(29)33)27-23(32)22-26-16-31(28-22)14-17-8-4-2-5-9-17/h2,4-5,8-9,12-13,16,18H,3,6-7,10-11,14-15H2,1H3,(H,27,32)/t18-/m0/s1. The van der Waals surface area contributed by atoms with Crippen LogP contribution in [0.1, 0.15) is 35.4 Å². The maximum absolute atomic E-state index is 13.2. The number of benzene rings is 1. The summed E-state index contributed by atoms with van der Waals surface area (Å²) in [6, 6.07) is 11.1. The van der Waals surface area contributed by atoms with Gasteiger partial charge in [-0.05, 0) is 24.8 Å². The van der Waals surface area contributed by atoms with E-state index in [0.29, 0.717) is 12.3 Å². The first kappa shape index (κ1) is 22.4. The minimum atomic E-state index is -0.686. The first-order valence-electron chi connectivity index (χ1n) is 11.5. The fourth-order valence-electron chi connectivity index (χ4n) is 4.26. The molecule has 10 heteroatoms. The summed E-state index contributed by atoms with van der Waals surface area (Å²) in [6.45, 7) is 2.49. The molecule has 176 valence electrons. The molecular formula is C24H27N7O2S. The van der Waals surface area contributed by atoms with Crippen LogP contribution in [-0.4, -0.2) is 63.5 Å². The molecule has 0 bridgehead atoms. The van der Waals surface area contributed by atoms with Crippen LogP contribution in [0.5, 0.6) is 0 Å². The van der Waals surface area contributed by atoms with Crippen molar-refractivity contribution >= 4 is 35.1 Å². The van der Waals surface area contributed by atoms with E-state index >= 15 is 0 Å². The van der Waals surface area contributed by atoms with E-state index in [2.05, 4.69) is 25.3 Å². The lowest BCUT2D eigenvalue weighted by Gasteiger charge is -2.29. The Morgan fingerprint density at radius 1 is 1.15 bits per heavy atom. The van der Waals surface area contributed by atoms with Crippen LogP contribution in [-0.2, 0) is 11.3 Å². The molecule has 0 radical (unpaired) electrons. The van der Waals surface area contributed by atoms with Crippen molar-refractivity contribution in [3.63, 3.8) is 0 Å². The normalized spacial score (nSPS) is 18.4. The van der Waals surface area contributed by atoms with Gasteiger partial charge in [-0.1, -0.05) is 30.3 Å². The molecule has 2 aliphatic rings. The third-order valence-electron chi connectivity index (χ3n) is 6.14. The van der Waals surface area contributed by atoms with Gasteiger partial charge >= 0.3 is 0 Å². The van der Waals surface area contributed by atoms with Crippen molar-refractivity contribution in [3.8, 4) is 0 Å². The van der Waals surface area contributed by atoms with Gasteiger partial charge in [0.2, 0.25) is 11.7 Å². The van der Waals surface area contributed by atoms with Crippen LogP contribution < -0.4 is 15.1 Å². The number of pyridine rings is 1. The highest BCUT2D eigenvalue weighted by Gasteiger charge is 2.31. The summed E-state index contributed by atoms with van der Waals surface area (Å²) < 4.78 is 1.61. The van der Waals surface area contributed by atoms with E-state index in [1.165, 1.54) is 24.5 Å². The molecular weight excluding hydrogens is 450 g/mol. The third kappa shape index (κ3) is 4.77. The Bertz CT molecular complexity index is 1180. The third-order valence-corrected chi connectivity index (χ3v) is 7.27. The lowest BCUT2D eigenvalue weighted by Crippen LogP contribution is -2.48. The van der Waals surface area contributed by atoms with Gasteiger partial charge in [0.1, 0.15) is 18.2 Å². The molecule has 0 unspecified atom stereocenters. The molecule has 34 heavy (non-hydrogen) atoms. The number of fused-ring (bicyclic) bond motifs is 1. The van der Waals surface area contributed by atoms with E-state index in [-0.39, 0.29) is 11.7 Å². The highest BCUT2D eigenvalue weighted by atomic mass is 32.2. The van der Waals surface area contributed by atoms with Crippen LogP contribution in [0, 0.1) is 0 Å². The van der Waals surface area contributed by atoms with Crippen molar-refractivity contribution in [2.75, 3.05) is 35.7 Å². The Balaban J connectivity index is 1.27. The number of nitrogens with zero attached hydrogens (tertiary/aromatic N) is 6. The zero-order chi connectivity index (χ0) is 23.5. The number of piperidine rings is 1. The van der Waals surface area contributed by atoms with E-state index in [0.717, 1.165) is 47.9 Å². The minimum absolute atomic E-state index is 0.0483. The molecule has 1 atom stereocenters. The van der Waals surface area contributed by atoms with Gasteiger partial charge < -0.3 is 15.1 Å². The van der Waals surface area contributed by atoms with Crippen molar-refractivity contribution < 1.29 is 9.59 Å². The molecule has 0 spiro atoms. The number of amides is 2. The van der Waals surface area contributed by atoms with Gasteiger partial charge in [0.15, 0.2) is 0 Å². The summed E-state index contributed by atoms with van der Waals surface area (Å²) >= 11 is 1.52. The van der Waals surface area contributed by atoms with Gasteiger partial charge in [-0.3, -0.25) is 9.59 Å². The highest BCUT2D eigenvalue weighted by molar-refractivity contribution is 7.99. The van der Waals surface area contributed by atoms with Gasteiger partial charge in [0.25, 0.3) is 5.91 Å². The van der Waals surface area contributed by atoms with Gasteiger partial charge in [-0.25, -0.2) is 14.6 Å². The van der Waals surface area contributed by atoms with Gasteiger partial charge in [-0.15, -0.1) is 16.9 Å². The number of hydrogen-bond donors (Lipinski definition) is 1. The van der Waals surface area contributed by atoms with Crippen molar-refractivity contribution in [2.24, 2.45) is 0 Å². The monoisotopic (exact) mass is 477 g/mol. The smallest absolute Gasteiger partial charge is 0.291 e. The van der Waals surface area contributed by atoms with Crippen LogP contribution in [0.15, 0.2) is 53.8 Å². The van der Waals surface area contributed by atoms with E-state index in [1.54, 1.807) is 16.6 Å². The van der Waals surface area contributed by atoms with Crippen LogP contribution in [0.2, 0.25) is 0 Å². The fraction of sp³-hybridized carbons (Fsp3) is 0.375. The Morgan fingerprint density at radius 3 is 2.74 bits per heavy atom. The molecule has 0 saturated carbocycles. The van der Waals surface area contributed by atoms with Crippen molar-refractivity contribution in [1.82, 2.24) is 25.1 Å². The number of rotatable bonds is 5. The summed E-state index contributed by atoms with van der Waals surface area (Å²) in [5.74, 6) is 0.732. The van der Waals surface area contributed by atoms with Crippen LogP contribution >= 0.6 is 11.8 Å². The lowest BCUT2D eigenvalue weighted by molar-refractivity contribution is -0.119. The summed E-state index contributed by atoms with van der Waals surface area (Å²) in [7, 11) is 1.75. The molecule has 4 heterocycles. The van der Waals surface area contributed by atoms with Crippen LogP contribution in [0.25, 0.3) is 0 Å². The second-order valence-electron chi connectivity index (χ2n) is 8.54. The average molecular weight is 478 g/mol. The molecule has 2 aliphatic heterocycles. The molecule has 5 rings (SSSR count). The van der Waals surface area contributed by atoms with E-state index in [9.17, 15) is 9.59 Å². The Kier molecular flexibility index (Phi) is 6.48. The van der Waals surface area contributed by atoms with Crippen molar-refractivity contribution in [1.29, 1.82) is 0 Å². The number of carbonyl (C=O) groups excluding carboxylic acids is 2. The van der Waals surface area contributed by atoms with E-state index in [1.807, 2.05) is 42.6 Å². The summed E-state index contributed by atoms with van der Waals surface area (Å²) in [5.41, 5.74) is 1.89. The Morgan fingerprint density at radius 2 is 1.94 bits per heavy atom. The molecule has 1 N–H and O–H groups in total. The molecule has 2 aromatic heterocycles. The quantitative estimate of drug-likeness (QED) is 0.603. The summed E-state index contributed by atoms with van der Waals surface area (Å²) in [6.07, 6.45) is 6.93. The molecule has 3 aromatic rings. The second kappa shape index (κ2) is 9.84. The Labute approximate surface area is 202 Å². The topological polar surface area (TPSA) is 96.2 Å². The van der Waals surface area contributed by atoms with Gasteiger partial charge in [0.05, 0.1) is 12.2 Å². The predicted octanol–water partition coefficient (Wildman–Crippen LogP) is 2.58. The largest absolute Gasteiger partial charge is 0.357 e. The number of nitrogens with one attached hydrogen (secondary N) is 1. The maximum atomic E-state index is 13.2. The number of thioether (sulfide) groups is 1. The zero-order valence-electron chi connectivity index (χ0n) is 19.1. The summed E-state index contributed by atoms with van der Waals surface area (Å²) in [5, 5.41) is 7.11. The number of hydrogen-bond acceptors (Lipinski definition) is 7. The lowest BCUT2D eigenvalue weighted by atomic mass is 10.1. The van der Waals surface area contributed by atoms with E-state index < -0.39 is 11.9 Å². The van der Waals surface area contributed by atoms with Crippen LogP contribution in [0.3, 0.4) is 0 Å². The molecule has 2 amide bonds. The SMILES string of the molecule is CN1C(=O)[C@@H](NC(=O)c2ncn(Cc3ccccc3)n2)CSc2cnc(N3CCCCC3)cc21. The number of likely N-dealkylation sites (N-methyl/N-ethyl adjacent to an activating group) is 1. The second-order valence-corrected chi connectivity index (χ2v) is 9.61. The van der Waals surface area contributed by atoms with E-state index in [4.69, 9.17) is 0 Å². The average Bonchev–Trinajstić information content (AvgIpc) is 3.31. The van der Waals surface area contributed by atoms with Gasteiger partial charge in [0, 0.05) is 43.0 Å². The molecule has 9 nitrogen and oxygen atoms in total. The molecule has 0 aliphatic carbocycles. The summed E-state index contributed by atoms with van der Waals surface area (Å²) in [4.78, 5) is 39.7.